The third-order valence-corrected chi connectivity index (χ3v) is 4.27. The molecule has 1 fully saturated rings. The predicted octanol–water partition coefficient (Wildman–Crippen LogP) is 4.45. The number of hydrogen-bond acceptors (Lipinski definition) is 2. The van der Waals surface area contributed by atoms with Crippen LogP contribution in [0.1, 0.15) is 72.1 Å². The Kier molecular flexibility index (Phi) is 7.70. The van der Waals surface area contributed by atoms with Crippen LogP contribution in [0.5, 0.6) is 0 Å². The summed E-state index contributed by atoms with van der Waals surface area (Å²) in [5.74, 6) is 0. The molecule has 112 valence electrons. The summed E-state index contributed by atoms with van der Waals surface area (Å²) in [6, 6.07) is 0.490. The number of hydrogen-bond donors (Lipinski definition) is 1. The van der Waals surface area contributed by atoms with Crippen LogP contribution in [0.2, 0.25) is 0 Å². The zero-order chi connectivity index (χ0) is 14.1. The molecule has 1 atom stereocenters. The topological polar surface area (TPSA) is 21.3 Å². The van der Waals surface area contributed by atoms with Crippen molar-refractivity contribution in [1.29, 1.82) is 0 Å². The Morgan fingerprint density at radius 3 is 2.47 bits per heavy atom. The minimum Gasteiger partial charge on any atom is -0.374 e. The van der Waals surface area contributed by atoms with Crippen LogP contribution in [0, 0.1) is 0 Å². The molecule has 0 radical (unpaired) electrons. The first-order chi connectivity index (χ1) is 9.14. The summed E-state index contributed by atoms with van der Waals surface area (Å²) in [4.78, 5) is 0. The highest BCUT2D eigenvalue weighted by Crippen LogP contribution is 2.36. The molecular formula is C17H33NO. The summed E-state index contributed by atoms with van der Waals surface area (Å²) >= 11 is 0. The zero-order valence-corrected chi connectivity index (χ0v) is 13.3. The second kappa shape index (κ2) is 8.76. The minimum atomic E-state index is 0.0810. The Bertz CT molecular complexity index is 250. The van der Waals surface area contributed by atoms with E-state index in [0.29, 0.717) is 6.04 Å². The van der Waals surface area contributed by atoms with Crippen LogP contribution < -0.4 is 5.32 Å². The van der Waals surface area contributed by atoms with Gasteiger partial charge in [0.05, 0.1) is 5.60 Å². The molecule has 1 rings (SSSR count). The molecule has 0 amide bonds. The number of rotatable bonds is 9. The summed E-state index contributed by atoms with van der Waals surface area (Å²) in [7, 11) is 0. The average Bonchev–Trinajstić information content (AvgIpc) is 2.39. The van der Waals surface area contributed by atoms with Gasteiger partial charge in [0.1, 0.15) is 0 Å². The first-order valence-electron chi connectivity index (χ1n) is 8.16. The van der Waals surface area contributed by atoms with E-state index in [1.165, 1.54) is 44.1 Å². The van der Waals surface area contributed by atoms with E-state index >= 15 is 0 Å². The van der Waals surface area contributed by atoms with Gasteiger partial charge < -0.3 is 10.1 Å². The maximum absolute atomic E-state index is 6.27. The van der Waals surface area contributed by atoms with E-state index in [2.05, 4.69) is 32.7 Å². The predicted molar refractivity (Wildman–Crippen MR) is 83.6 cm³/mol. The highest BCUT2D eigenvalue weighted by atomic mass is 16.5. The van der Waals surface area contributed by atoms with Crippen molar-refractivity contribution >= 4 is 0 Å². The van der Waals surface area contributed by atoms with Gasteiger partial charge in [-0.15, -0.1) is 6.58 Å². The largest absolute Gasteiger partial charge is 0.374 e. The van der Waals surface area contributed by atoms with Crippen LogP contribution in [0.15, 0.2) is 12.2 Å². The van der Waals surface area contributed by atoms with E-state index in [1.54, 1.807) is 0 Å². The van der Waals surface area contributed by atoms with Gasteiger partial charge in [-0.05, 0) is 52.5 Å². The first-order valence-corrected chi connectivity index (χ1v) is 8.16. The molecule has 2 nitrogen and oxygen atoms in total. The van der Waals surface area contributed by atoms with E-state index in [1.807, 2.05) is 0 Å². The average molecular weight is 267 g/mol. The molecule has 0 aromatic rings. The Morgan fingerprint density at radius 2 is 1.95 bits per heavy atom. The summed E-state index contributed by atoms with van der Waals surface area (Å²) in [6.45, 7) is 12.5. The van der Waals surface area contributed by atoms with Gasteiger partial charge in [0, 0.05) is 12.6 Å². The van der Waals surface area contributed by atoms with Crippen LogP contribution in [-0.2, 0) is 4.74 Å². The van der Waals surface area contributed by atoms with E-state index in [-0.39, 0.29) is 5.60 Å². The maximum Gasteiger partial charge on any atom is 0.0834 e. The lowest BCUT2D eigenvalue weighted by Crippen LogP contribution is -2.54. The van der Waals surface area contributed by atoms with Gasteiger partial charge in [-0.1, -0.05) is 31.8 Å². The molecule has 0 aliphatic heterocycles. The van der Waals surface area contributed by atoms with Crippen LogP contribution in [0.4, 0.5) is 0 Å². The van der Waals surface area contributed by atoms with Gasteiger partial charge in [0.15, 0.2) is 0 Å². The van der Waals surface area contributed by atoms with Crippen LogP contribution in [-0.4, -0.2) is 24.8 Å². The molecule has 1 N–H and O–H groups in total. The van der Waals surface area contributed by atoms with Crippen LogP contribution >= 0.6 is 0 Å². The molecule has 0 bridgehead atoms. The number of ether oxygens (including phenoxy) is 1. The fraction of sp³-hybridized carbons (Fsp3) is 0.882. The Labute approximate surface area is 120 Å². The lowest BCUT2D eigenvalue weighted by Gasteiger charge is -2.44. The van der Waals surface area contributed by atoms with Crippen molar-refractivity contribution in [3.8, 4) is 0 Å². The Hall–Kier alpha value is -0.340. The van der Waals surface area contributed by atoms with Gasteiger partial charge >= 0.3 is 0 Å². The second-order valence-electron chi connectivity index (χ2n) is 6.06. The smallest absolute Gasteiger partial charge is 0.0834 e. The van der Waals surface area contributed by atoms with Crippen molar-refractivity contribution in [1.82, 2.24) is 5.32 Å². The molecular weight excluding hydrogens is 234 g/mol. The zero-order valence-electron chi connectivity index (χ0n) is 13.3. The van der Waals surface area contributed by atoms with Gasteiger partial charge in [-0.2, -0.15) is 0 Å². The molecule has 0 aromatic heterocycles. The third-order valence-electron chi connectivity index (χ3n) is 4.27. The van der Waals surface area contributed by atoms with Crippen LogP contribution in [0.3, 0.4) is 0 Å². The summed E-state index contributed by atoms with van der Waals surface area (Å²) in [5, 5.41) is 3.75. The standard InChI is InChI=1S/C17H33NO/c1-5-14-18-16(11-10-15(3)4)17(19-6-2)12-8-7-9-13-17/h16,18H,3,5-14H2,1-2,4H3. The SMILES string of the molecule is C=C(C)CCC(NCCC)C1(OCC)CCCCC1. The Morgan fingerprint density at radius 1 is 1.26 bits per heavy atom. The first kappa shape index (κ1) is 16.7. The maximum atomic E-state index is 6.27. The van der Waals surface area contributed by atoms with Crippen LogP contribution in [0.25, 0.3) is 0 Å². The highest BCUT2D eigenvalue weighted by molar-refractivity contribution is 4.98. The van der Waals surface area contributed by atoms with Crippen molar-refractivity contribution in [3.05, 3.63) is 12.2 Å². The normalized spacial score (nSPS) is 20.2. The van der Waals surface area contributed by atoms with Crippen molar-refractivity contribution in [2.75, 3.05) is 13.2 Å². The number of nitrogens with one attached hydrogen (secondary N) is 1. The lowest BCUT2D eigenvalue weighted by atomic mass is 9.77. The molecule has 0 heterocycles. The van der Waals surface area contributed by atoms with Gasteiger partial charge in [0.2, 0.25) is 0 Å². The highest BCUT2D eigenvalue weighted by Gasteiger charge is 2.39. The molecule has 1 aliphatic carbocycles. The molecule has 19 heavy (non-hydrogen) atoms. The molecule has 1 aliphatic rings. The summed E-state index contributed by atoms with van der Waals surface area (Å²) in [6.07, 6.45) is 9.90. The minimum absolute atomic E-state index is 0.0810. The molecule has 0 saturated heterocycles. The van der Waals surface area contributed by atoms with Gasteiger partial charge in [0.25, 0.3) is 0 Å². The molecule has 0 aromatic carbocycles. The van der Waals surface area contributed by atoms with Crippen molar-refractivity contribution in [2.24, 2.45) is 0 Å². The molecule has 0 spiro atoms. The second-order valence-corrected chi connectivity index (χ2v) is 6.06. The van der Waals surface area contributed by atoms with Crippen molar-refractivity contribution in [2.45, 2.75) is 83.8 Å². The van der Waals surface area contributed by atoms with E-state index in [0.717, 1.165) is 26.0 Å². The van der Waals surface area contributed by atoms with E-state index in [9.17, 15) is 0 Å². The van der Waals surface area contributed by atoms with Gasteiger partial charge in [-0.25, -0.2) is 0 Å². The van der Waals surface area contributed by atoms with E-state index in [4.69, 9.17) is 4.74 Å². The van der Waals surface area contributed by atoms with Gasteiger partial charge in [-0.3, -0.25) is 0 Å². The van der Waals surface area contributed by atoms with Crippen molar-refractivity contribution in [3.63, 3.8) is 0 Å². The fourth-order valence-electron chi connectivity index (χ4n) is 3.29. The Balaban J connectivity index is 2.72. The molecule has 1 saturated carbocycles. The monoisotopic (exact) mass is 267 g/mol. The summed E-state index contributed by atoms with van der Waals surface area (Å²) < 4.78 is 6.27. The fourth-order valence-corrected chi connectivity index (χ4v) is 3.29. The third kappa shape index (κ3) is 5.27. The molecule has 1 unspecified atom stereocenters. The van der Waals surface area contributed by atoms with E-state index < -0.39 is 0 Å². The van der Waals surface area contributed by atoms with Crippen molar-refractivity contribution < 1.29 is 4.74 Å². The lowest BCUT2D eigenvalue weighted by molar-refractivity contribution is -0.0913. The quantitative estimate of drug-likeness (QED) is 0.623. The molecule has 2 heteroatoms. The summed E-state index contributed by atoms with van der Waals surface area (Å²) in [5.41, 5.74) is 1.36. The number of allylic oxidation sites excluding steroid dienone is 1.